The molecule has 5 aromatic carbocycles. The Morgan fingerprint density at radius 1 is 0.489 bits per heavy atom. The van der Waals surface area contributed by atoms with Gasteiger partial charge in [-0.3, -0.25) is 0 Å². The van der Waals surface area contributed by atoms with Crippen molar-refractivity contribution in [2.75, 3.05) is 0 Å². The Labute approximate surface area is 269 Å². The van der Waals surface area contributed by atoms with E-state index in [4.69, 9.17) is 0 Å². The third-order valence-electron chi connectivity index (χ3n) is 9.44. The zero-order valence-corrected chi connectivity index (χ0v) is 25.9. The van der Waals surface area contributed by atoms with E-state index in [0.717, 1.165) is 89.6 Å². The van der Waals surface area contributed by atoms with Gasteiger partial charge in [-0.2, -0.15) is 13.2 Å². The first-order valence-electron chi connectivity index (χ1n) is 15.4. The van der Waals surface area contributed by atoms with Gasteiger partial charge in [-0.15, -0.1) is 0 Å². The molecule has 0 aliphatic heterocycles. The zero-order chi connectivity index (χ0) is 32.6. The number of aromatic nitrogens is 3. The summed E-state index contributed by atoms with van der Waals surface area (Å²) in [6.45, 7) is 12.5. The lowest BCUT2D eigenvalue weighted by Gasteiger charge is -2.12. The van der Waals surface area contributed by atoms with E-state index in [0.29, 0.717) is 5.69 Å². The highest BCUT2D eigenvalue weighted by molar-refractivity contribution is 6.11. The Bertz CT molecular complexity index is 2410. The molecule has 0 aliphatic rings. The van der Waals surface area contributed by atoms with Crippen LogP contribution in [0.1, 0.15) is 28.1 Å². The fourth-order valence-corrected chi connectivity index (χ4v) is 7.24. The fourth-order valence-electron chi connectivity index (χ4n) is 7.24. The number of halogens is 3. The highest BCUT2D eigenvalue weighted by atomic mass is 19.4. The molecule has 6 heteroatoms. The van der Waals surface area contributed by atoms with Crippen molar-refractivity contribution in [2.24, 2.45) is 0 Å². The smallest absolute Gasteiger partial charge is 0.310 e. The Hall–Kier alpha value is -5.75. The van der Waals surface area contributed by atoms with Crippen LogP contribution in [0.5, 0.6) is 0 Å². The van der Waals surface area contributed by atoms with Gasteiger partial charge in [-0.25, -0.2) is 0 Å². The molecule has 3 heterocycles. The lowest BCUT2D eigenvalue weighted by Crippen LogP contribution is -2.05. The van der Waals surface area contributed by atoms with Crippen molar-refractivity contribution in [3.63, 3.8) is 0 Å². The van der Waals surface area contributed by atoms with Crippen LogP contribution in [0, 0.1) is 13.8 Å². The number of aryl methyl sites for hydroxylation is 2. The summed E-state index contributed by atoms with van der Waals surface area (Å²) in [6.07, 6.45) is -0.636. The Morgan fingerprint density at radius 2 is 0.894 bits per heavy atom. The molecule has 0 bridgehead atoms. The predicted octanol–water partition coefficient (Wildman–Crippen LogP) is 11.6. The summed E-state index contributed by atoms with van der Waals surface area (Å²) in [5.74, 6) is 0. The van der Waals surface area contributed by atoms with Gasteiger partial charge in [0.15, 0.2) is 0 Å². The quantitative estimate of drug-likeness (QED) is 0.182. The minimum absolute atomic E-state index is 0.654. The zero-order valence-electron chi connectivity index (χ0n) is 25.9. The maximum Gasteiger partial charge on any atom is 0.416 e. The van der Waals surface area contributed by atoms with Gasteiger partial charge in [-0.05, 0) is 110 Å². The van der Waals surface area contributed by atoms with Gasteiger partial charge >= 0.3 is 6.18 Å². The van der Waals surface area contributed by atoms with Crippen LogP contribution in [-0.4, -0.2) is 13.7 Å². The summed E-state index contributed by atoms with van der Waals surface area (Å²) in [7, 11) is 0. The number of nitrogens with zero attached hydrogens (tertiary/aromatic N) is 3. The molecule has 0 radical (unpaired) electrons. The number of rotatable bonds is 5. The molecule has 8 rings (SSSR count). The minimum atomic E-state index is -4.41. The predicted molar refractivity (Wildman–Crippen MR) is 189 cm³/mol. The number of alkyl halides is 3. The summed E-state index contributed by atoms with van der Waals surface area (Å²) in [5.41, 5.74) is 10.2. The third kappa shape index (κ3) is 4.21. The van der Waals surface area contributed by atoms with Crippen molar-refractivity contribution >= 4 is 55.8 Å². The molecule has 3 aromatic heterocycles. The van der Waals surface area contributed by atoms with Crippen LogP contribution in [-0.2, 0) is 6.18 Å². The number of benzene rings is 5. The molecule has 8 aromatic rings. The number of hydrogen-bond acceptors (Lipinski definition) is 0. The molecule has 0 fully saturated rings. The van der Waals surface area contributed by atoms with E-state index in [1.807, 2.05) is 41.0 Å². The molecule has 0 atom stereocenters. The van der Waals surface area contributed by atoms with Crippen LogP contribution < -0.4 is 0 Å². The summed E-state index contributed by atoms with van der Waals surface area (Å²) in [5, 5.41) is 4.28. The molecule has 0 N–H and O–H groups in total. The van der Waals surface area contributed by atoms with E-state index < -0.39 is 11.7 Å². The van der Waals surface area contributed by atoms with E-state index in [9.17, 15) is 13.2 Å². The van der Waals surface area contributed by atoms with Crippen LogP contribution in [0.25, 0.3) is 72.8 Å². The normalized spacial score (nSPS) is 12.1. The maximum atomic E-state index is 13.5. The molecular formula is C41H30F3N3. The summed E-state index contributed by atoms with van der Waals surface area (Å²) in [6, 6.07) is 34.6. The third-order valence-corrected chi connectivity index (χ3v) is 9.44. The number of fused-ring (bicyclic) bond motifs is 5. The Kier molecular flexibility index (Phi) is 6.35. The number of para-hydroxylation sites is 2. The second-order valence-corrected chi connectivity index (χ2v) is 11.9. The van der Waals surface area contributed by atoms with Crippen molar-refractivity contribution in [3.05, 3.63) is 150 Å². The topological polar surface area (TPSA) is 14.8 Å². The summed E-state index contributed by atoms with van der Waals surface area (Å²) in [4.78, 5) is 0. The van der Waals surface area contributed by atoms with Crippen molar-refractivity contribution in [1.82, 2.24) is 13.7 Å². The molecule has 47 heavy (non-hydrogen) atoms. The molecule has 230 valence electrons. The highest BCUT2D eigenvalue weighted by Crippen LogP contribution is 2.39. The van der Waals surface area contributed by atoms with E-state index in [-0.39, 0.29) is 0 Å². The van der Waals surface area contributed by atoms with Crippen LogP contribution in [0.2, 0.25) is 0 Å². The van der Waals surface area contributed by atoms with Gasteiger partial charge in [0.1, 0.15) is 0 Å². The van der Waals surface area contributed by atoms with Crippen molar-refractivity contribution in [2.45, 2.75) is 20.0 Å². The van der Waals surface area contributed by atoms with E-state index >= 15 is 0 Å². The second kappa shape index (κ2) is 10.4. The largest absolute Gasteiger partial charge is 0.416 e. The average Bonchev–Trinajstić information content (AvgIpc) is 3.68. The van der Waals surface area contributed by atoms with Crippen LogP contribution in [0.15, 0.2) is 122 Å². The summed E-state index contributed by atoms with van der Waals surface area (Å²) >= 11 is 0. The van der Waals surface area contributed by atoms with Gasteiger partial charge in [0, 0.05) is 50.0 Å². The lowest BCUT2D eigenvalue weighted by molar-refractivity contribution is -0.137. The molecular weight excluding hydrogens is 591 g/mol. The van der Waals surface area contributed by atoms with Crippen molar-refractivity contribution < 1.29 is 13.2 Å². The molecule has 0 spiro atoms. The van der Waals surface area contributed by atoms with E-state index in [2.05, 4.69) is 96.8 Å². The van der Waals surface area contributed by atoms with E-state index in [1.54, 1.807) is 12.1 Å². The van der Waals surface area contributed by atoms with Crippen LogP contribution in [0.3, 0.4) is 0 Å². The maximum absolute atomic E-state index is 13.5. The van der Waals surface area contributed by atoms with E-state index in [1.165, 1.54) is 0 Å². The van der Waals surface area contributed by atoms with Crippen LogP contribution >= 0.6 is 0 Å². The Balaban J connectivity index is 1.44. The fraction of sp³-hybridized carbons (Fsp3) is 0.0732. The van der Waals surface area contributed by atoms with Gasteiger partial charge in [0.05, 0.1) is 27.6 Å². The standard InChI is InChI=1S/C41H30F3N3/c1-5-35-25(3)31-11-7-9-13-37(31)46(35)29-19-21-39-33(23-29)34-24-30(47-36(6-2)26(4)32-12-8-10-14-38(32)47)20-22-40(34)45(39)28-17-15-27(16-18-28)41(42,43)44/h5-24H,1-2H2,3-4H3. The SMILES string of the molecule is C=Cc1c(C)c2ccccc2n1-c1ccc2c(c1)c1cc(-n3c(C=C)c(C)c4ccccc43)ccc1n2-c1ccc(C(F)(F)F)cc1. The molecule has 3 nitrogen and oxygen atoms in total. The van der Waals surface area contributed by atoms with Crippen LogP contribution in [0.4, 0.5) is 13.2 Å². The molecule has 0 unspecified atom stereocenters. The van der Waals surface area contributed by atoms with Gasteiger partial charge in [-0.1, -0.05) is 49.6 Å². The highest BCUT2D eigenvalue weighted by Gasteiger charge is 2.30. The van der Waals surface area contributed by atoms with Crippen molar-refractivity contribution in [3.8, 4) is 17.1 Å². The molecule has 0 saturated carbocycles. The second-order valence-electron chi connectivity index (χ2n) is 11.9. The van der Waals surface area contributed by atoms with Crippen molar-refractivity contribution in [1.29, 1.82) is 0 Å². The average molecular weight is 622 g/mol. The van der Waals surface area contributed by atoms with Gasteiger partial charge < -0.3 is 13.7 Å². The first kappa shape index (κ1) is 28.7. The Morgan fingerprint density at radius 3 is 1.32 bits per heavy atom. The molecule has 0 aliphatic carbocycles. The molecule has 0 amide bonds. The van der Waals surface area contributed by atoms with Gasteiger partial charge in [0.25, 0.3) is 0 Å². The minimum Gasteiger partial charge on any atom is -0.310 e. The lowest BCUT2D eigenvalue weighted by atomic mass is 10.1. The first-order chi connectivity index (χ1) is 22.7. The molecule has 0 saturated heterocycles. The summed E-state index contributed by atoms with van der Waals surface area (Å²) < 4.78 is 47.0. The number of hydrogen-bond donors (Lipinski definition) is 0. The van der Waals surface area contributed by atoms with Gasteiger partial charge in [0.2, 0.25) is 0 Å². The first-order valence-corrected chi connectivity index (χ1v) is 15.4. The monoisotopic (exact) mass is 621 g/mol.